The van der Waals surface area contributed by atoms with Crippen LogP contribution in [0.3, 0.4) is 0 Å². The third-order valence-electron chi connectivity index (χ3n) is 5.70. The van der Waals surface area contributed by atoms with Crippen LogP contribution in [-0.2, 0) is 12.8 Å². The molecular weight excluding hydrogens is 298 g/mol. The van der Waals surface area contributed by atoms with Gasteiger partial charge in [-0.15, -0.1) is 0 Å². The van der Waals surface area contributed by atoms with E-state index in [0.717, 1.165) is 17.8 Å². The quantitative estimate of drug-likeness (QED) is 0.728. The van der Waals surface area contributed by atoms with Crippen LogP contribution in [0, 0.1) is 11.8 Å². The minimum atomic E-state index is 0.434. The van der Waals surface area contributed by atoms with Gasteiger partial charge >= 0.3 is 0 Å². The Morgan fingerprint density at radius 1 is 1.17 bits per heavy atom. The molecule has 3 unspecified atom stereocenters. The van der Waals surface area contributed by atoms with Crippen LogP contribution < -0.4 is 5.73 Å². The van der Waals surface area contributed by atoms with Gasteiger partial charge in [0, 0.05) is 6.04 Å². The van der Waals surface area contributed by atoms with E-state index in [2.05, 4.69) is 43.8 Å². The number of hydrogen-bond acceptors (Lipinski definition) is 2. The Kier molecular flexibility index (Phi) is 6.09. The van der Waals surface area contributed by atoms with Crippen molar-refractivity contribution in [1.29, 1.82) is 0 Å². The molecule has 0 amide bonds. The first kappa shape index (κ1) is 17.4. The largest absolute Gasteiger partial charge is 0.328 e. The maximum Gasteiger partial charge on any atom is 0.00448 e. The van der Waals surface area contributed by atoms with E-state index in [-0.39, 0.29) is 0 Å². The van der Waals surface area contributed by atoms with Crippen molar-refractivity contribution in [3.8, 4) is 0 Å². The van der Waals surface area contributed by atoms with E-state index in [4.69, 9.17) is 5.73 Å². The first-order valence-electron chi connectivity index (χ1n) is 9.57. The predicted octanol–water partition coefficient (Wildman–Crippen LogP) is 5.17. The molecular formula is C21H33NS. The number of aryl methyl sites for hydroxylation is 1. The lowest BCUT2D eigenvalue weighted by molar-refractivity contribution is 0.508. The molecule has 2 aliphatic rings. The summed E-state index contributed by atoms with van der Waals surface area (Å²) in [5.74, 6) is 5.15. The number of rotatable bonds is 6. The molecule has 2 aliphatic carbocycles. The highest BCUT2D eigenvalue weighted by atomic mass is 32.2. The fourth-order valence-corrected chi connectivity index (χ4v) is 5.56. The van der Waals surface area contributed by atoms with Crippen LogP contribution in [0.15, 0.2) is 18.2 Å². The van der Waals surface area contributed by atoms with Gasteiger partial charge in [0.25, 0.3) is 0 Å². The van der Waals surface area contributed by atoms with Crippen molar-refractivity contribution < 1.29 is 0 Å². The molecule has 0 aliphatic heterocycles. The standard InChI is InChI=1S/C21H33NS/c1-15(2)9-10-23-14-16-3-4-18-12-19(6-5-17(18)11-16)20-7-8-21(22)13-20/h5-6,12,15-16,20-21H,3-4,7-11,13-14,22H2,1-2H3. The summed E-state index contributed by atoms with van der Waals surface area (Å²) in [5.41, 5.74) is 10.9. The average Bonchev–Trinajstić information content (AvgIpc) is 2.97. The van der Waals surface area contributed by atoms with Gasteiger partial charge in [-0.05, 0) is 90.9 Å². The highest BCUT2D eigenvalue weighted by Crippen LogP contribution is 2.36. The highest BCUT2D eigenvalue weighted by Gasteiger charge is 2.25. The minimum Gasteiger partial charge on any atom is -0.328 e. The second-order valence-corrected chi connectivity index (χ2v) is 9.31. The molecule has 0 bridgehead atoms. The summed E-state index contributed by atoms with van der Waals surface area (Å²) in [4.78, 5) is 0. The second kappa shape index (κ2) is 8.07. The molecule has 23 heavy (non-hydrogen) atoms. The average molecular weight is 332 g/mol. The number of nitrogens with two attached hydrogens (primary N) is 1. The molecule has 128 valence electrons. The lowest BCUT2D eigenvalue weighted by Crippen LogP contribution is -2.17. The van der Waals surface area contributed by atoms with Crippen LogP contribution in [0.1, 0.15) is 68.6 Å². The molecule has 3 rings (SSSR count). The van der Waals surface area contributed by atoms with Crippen LogP contribution >= 0.6 is 11.8 Å². The van der Waals surface area contributed by atoms with Gasteiger partial charge in [0.15, 0.2) is 0 Å². The Bertz CT molecular complexity index is 511. The van der Waals surface area contributed by atoms with Gasteiger partial charge in [-0.3, -0.25) is 0 Å². The maximum absolute atomic E-state index is 6.09. The zero-order valence-electron chi connectivity index (χ0n) is 14.9. The Labute approximate surface area is 146 Å². The molecule has 1 aromatic carbocycles. The van der Waals surface area contributed by atoms with Crippen LogP contribution in [0.2, 0.25) is 0 Å². The molecule has 1 saturated carbocycles. The van der Waals surface area contributed by atoms with Crippen molar-refractivity contribution in [3.05, 3.63) is 34.9 Å². The molecule has 2 N–H and O–H groups in total. The third kappa shape index (κ3) is 4.76. The van der Waals surface area contributed by atoms with E-state index < -0.39 is 0 Å². The van der Waals surface area contributed by atoms with E-state index in [1.807, 2.05) is 0 Å². The SMILES string of the molecule is CC(C)CCSCC1CCc2cc(C3CCC(N)C3)ccc2C1. The van der Waals surface area contributed by atoms with E-state index >= 15 is 0 Å². The van der Waals surface area contributed by atoms with Gasteiger partial charge < -0.3 is 5.73 Å². The summed E-state index contributed by atoms with van der Waals surface area (Å²) in [6.45, 7) is 4.65. The normalized spacial score (nSPS) is 27.4. The van der Waals surface area contributed by atoms with Gasteiger partial charge in [-0.25, -0.2) is 0 Å². The number of benzene rings is 1. The van der Waals surface area contributed by atoms with E-state index in [9.17, 15) is 0 Å². The van der Waals surface area contributed by atoms with Crippen molar-refractivity contribution in [2.75, 3.05) is 11.5 Å². The van der Waals surface area contributed by atoms with Gasteiger partial charge in [0.2, 0.25) is 0 Å². The topological polar surface area (TPSA) is 26.0 Å². The molecule has 0 spiro atoms. The van der Waals surface area contributed by atoms with Crippen molar-refractivity contribution >= 4 is 11.8 Å². The fraction of sp³-hybridized carbons (Fsp3) is 0.714. The van der Waals surface area contributed by atoms with Gasteiger partial charge in [-0.1, -0.05) is 32.0 Å². The monoisotopic (exact) mass is 331 g/mol. The summed E-state index contributed by atoms with van der Waals surface area (Å²) < 4.78 is 0. The first-order chi connectivity index (χ1) is 11.1. The summed E-state index contributed by atoms with van der Waals surface area (Å²) >= 11 is 2.17. The van der Waals surface area contributed by atoms with Crippen molar-refractivity contribution in [2.45, 2.75) is 70.8 Å². The lowest BCUT2D eigenvalue weighted by atomic mass is 9.82. The number of thioether (sulfide) groups is 1. The molecule has 0 heterocycles. The molecule has 1 nitrogen and oxygen atoms in total. The fourth-order valence-electron chi connectivity index (χ4n) is 4.13. The maximum atomic E-state index is 6.09. The Hall–Kier alpha value is -0.470. The second-order valence-electron chi connectivity index (χ2n) is 8.16. The molecule has 1 fully saturated rings. The molecule has 3 atom stereocenters. The zero-order chi connectivity index (χ0) is 16.2. The van der Waals surface area contributed by atoms with E-state index in [1.54, 1.807) is 16.7 Å². The number of hydrogen-bond donors (Lipinski definition) is 1. The summed E-state index contributed by atoms with van der Waals surface area (Å²) in [6.07, 6.45) is 9.02. The Morgan fingerprint density at radius 2 is 2.04 bits per heavy atom. The summed E-state index contributed by atoms with van der Waals surface area (Å²) in [6, 6.07) is 7.78. The van der Waals surface area contributed by atoms with Crippen LogP contribution in [0.5, 0.6) is 0 Å². The summed E-state index contributed by atoms with van der Waals surface area (Å²) in [5, 5.41) is 0. The van der Waals surface area contributed by atoms with Crippen LogP contribution in [-0.4, -0.2) is 17.5 Å². The first-order valence-corrected chi connectivity index (χ1v) is 10.7. The smallest absolute Gasteiger partial charge is 0.00448 e. The van der Waals surface area contributed by atoms with Crippen LogP contribution in [0.25, 0.3) is 0 Å². The zero-order valence-corrected chi connectivity index (χ0v) is 15.7. The van der Waals surface area contributed by atoms with Gasteiger partial charge in [0.05, 0.1) is 0 Å². The van der Waals surface area contributed by atoms with Gasteiger partial charge in [0.1, 0.15) is 0 Å². The number of fused-ring (bicyclic) bond motifs is 1. The van der Waals surface area contributed by atoms with E-state index in [1.165, 1.54) is 56.5 Å². The minimum absolute atomic E-state index is 0.434. The highest BCUT2D eigenvalue weighted by molar-refractivity contribution is 7.99. The van der Waals surface area contributed by atoms with Crippen LogP contribution in [0.4, 0.5) is 0 Å². The molecule has 0 radical (unpaired) electrons. The lowest BCUT2D eigenvalue weighted by Gasteiger charge is -2.26. The molecule has 0 aromatic heterocycles. The van der Waals surface area contributed by atoms with Crippen molar-refractivity contribution in [3.63, 3.8) is 0 Å². The van der Waals surface area contributed by atoms with Crippen molar-refractivity contribution in [2.24, 2.45) is 17.6 Å². The molecule has 1 aromatic rings. The molecule has 2 heteroatoms. The van der Waals surface area contributed by atoms with Crippen molar-refractivity contribution in [1.82, 2.24) is 0 Å². The molecule has 0 saturated heterocycles. The van der Waals surface area contributed by atoms with E-state index in [0.29, 0.717) is 6.04 Å². The predicted molar refractivity (Wildman–Crippen MR) is 103 cm³/mol. The Morgan fingerprint density at radius 3 is 2.78 bits per heavy atom. The third-order valence-corrected chi connectivity index (χ3v) is 6.93. The van der Waals surface area contributed by atoms with Gasteiger partial charge in [-0.2, -0.15) is 11.8 Å². The Balaban J connectivity index is 1.53. The summed E-state index contributed by atoms with van der Waals surface area (Å²) in [7, 11) is 0.